The van der Waals surface area contributed by atoms with Crippen LogP contribution in [0.25, 0.3) is 0 Å². The van der Waals surface area contributed by atoms with Crippen LogP contribution in [0.15, 0.2) is 46.5 Å². The Bertz CT molecular complexity index is 812. The predicted octanol–water partition coefficient (Wildman–Crippen LogP) is 2.13. The predicted molar refractivity (Wildman–Crippen MR) is 89.7 cm³/mol. The Kier molecular flexibility index (Phi) is 5.04. The molecular weight excluding hydrogens is 350 g/mol. The number of aliphatic hydroxyl groups excluding tert-OH is 1. The second kappa shape index (κ2) is 7.39. The van der Waals surface area contributed by atoms with Crippen molar-refractivity contribution in [2.24, 2.45) is 0 Å². The van der Waals surface area contributed by atoms with Crippen LogP contribution in [-0.2, 0) is 16.1 Å². The summed E-state index contributed by atoms with van der Waals surface area (Å²) in [6, 6.07) is 8.80. The topological polar surface area (TPSA) is 104 Å². The number of hydrogen-bond acceptors (Lipinski definition) is 7. The standard InChI is InChI=1S/C15H13N3O4S2/c19-13(10-2-1-7-23-10)11-4-3-9(24-11)8-16-14(20)15(21)17-12-5-6-22-18-12/h1-7,13,19H,8H2,(H,16,20)(H,17,18,21). The average molecular weight is 363 g/mol. The van der Waals surface area contributed by atoms with Crippen LogP contribution in [0.1, 0.15) is 20.7 Å². The van der Waals surface area contributed by atoms with Crippen molar-refractivity contribution in [2.45, 2.75) is 12.6 Å². The van der Waals surface area contributed by atoms with E-state index in [-0.39, 0.29) is 12.4 Å². The average Bonchev–Trinajstić information content (AvgIpc) is 3.33. The minimum atomic E-state index is -0.820. The van der Waals surface area contributed by atoms with Gasteiger partial charge in [0.05, 0.1) is 6.54 Å². The summed E-state index contributed by atoms with van der Waals surface area (Å²) in [5.74, 6) is -1.42. The summed E-state index contributed by atoms with van der Waals surface area (Å²) >= 11 is 2.86. The van der Waals surface area contributed by atoms with E-state index >= 15 is 0 Å². The van der Waals surface area contributed by atoms with Gasteiger partial charge in [-0.1, -0.05) is 11.2 Å². The molecule has 3 rings (SSSR count). The minimum Gasteiger partial charge on any atom is -0.382 e. The van der Waals surface area contributed by atoms with Crippen molar-refractivity contribution in [1.29, 1.82) is 0 Å². The lowest BCUT2D eigenvalue weighted by Crippen LogP contribution is -2.34. The molecule has 9 heteroatoms. The van der Waals surface area contributed by atoms with Gasteiger partial charge >= 0.3 is 11.8 Å². The first-order valence-corrected chi connectivity index (χ1v) is 8.63. The van der Waals surface area contributed by atoms with Crippen LogP contribution in [0.4, 0.5) is 5.82 Å². The van der Waals surface area contributed by atoms with E-state index in [2.05, 4.69) is 20.3 Å². The number of aliphatic hydroxyl groups is 1. The van der Waals surface area contributed by atoms with Crippen LogP contribution in [-0.4, -0.2) is 22.1 Å². The minimum absolute atomic E-state index is 0.174. The van der Waals surface area contributed by atoms with Gasteiger partial charge in [0.25, 0.3) is 0 Å². The van der Waals surface area contributed by atoms with E-state index in [4.69, 9.17) is 0 Å². The van der Waals surface area contributed by atoms with Crippen LogP contribution >= 0.6 is 22.7 Å². The molecule has 24 heavy (non-hydrogen) atoms. The third kappa shape index (κ3) is 3.88. The number of aromatic nitrogens is 1. The lowest BCUT2D eigenvalue weighted by molar-refractivity contribution is -0.136. The third-order valence-electron chi connectivity index (χ3n) is 3.07. The zero-order valence-electron chi connectivity index (χ0n) is 12.3. The summed E-state index contributed by atoms with van der Waals surface area (Å²) in [5, 5.41) is 20.5. The third-order valence-corrected chi connectivity index (χ3v) is 5.14. The van der Waals surface area contributed by atoms with Crippen LogP contribution in [0.2, 0.25) is 0 Å². The maximum absolute atomic E-state index is 11.7. The van der Waals surface area contributed by atoms with Crippen LogP contribution in [0.5, 0.6) is 0 Å². The first-order valence-electron chi connectivity index (χ1n) is 6.93. The number of carbonyl (C=O) groups is 2. The first kappa shape index (κ1) is 16.4. The van der Waals surface area contributed by atoms with Crippen LogP contribution < -0.4 is 10.6 Å². The van der Waals surface area contributed by atoms with E-state index in [9.17, 15) is 14.7 Å². The van der Waals surface area contributed by atoms with E-state index in [0.717, 1.165) is 14.6 Å². The van der Waals surface area contributed by atoms with Crippen LogP contribution in [0.3, 0.4) is 0 Å². The second-order valence-corrected chi connectivity index (χ2v) is 6.92. The molecule has 124 valence electrons. The van der Waals surface area contributed by atoms with Gasteiger partial charge in [-0.15, -0.1) is 22.7 Å². The second-order valence-electron chi connectivity index (χ2n) is 4.74. The normalized spacial score (nSPS) is 11.9. The van der Waals surface area contributed by atoms with Crippen LogP contribution in [0, 0.1) is 0 Å². The Labute approximate surface area is 144 Å². The van der Waals surface area contributed by atoms with E-state index < -0.39 is 17.9 Å². The molecule has 1 unspecified atom stereocenters. The number of nitrogens with one attached hydrogen (secondary N) is 2. The van der Waals surface area contributed by atoms with Crippen molar-refractivity contribution in [1.82, 2.24) is 10.5 Å². The Hall–Kier alpha value is -2.49. The molecule has 0 aliphatic carbocycles. The summed E-state index contributed by atoms with van der Waals surface area (Å²) in [4.78, 5) is 25.9. The van der Waals surface area contributed by atoms with Gasteiger partial charge in [0, 0.05) is 20.7 Å². The lowest BCUT2D eigenvalue weighted by Gasteiger charge is -2.05. The summed E-state index contributed by atoms with van der Waals surface area (Å²) in [6.45, 7) is 0.201. The van der Waals surface area contributed by atoms with E-state index in [1.165, 1.54) is 35.0 Å². The fraction of sp³-hybridized carbons (Fsp3) is 0.133. The largest absolute Gasteiger partial charge is 0.382 e. The highest BCUT2D eigenvalue weighted by Crippen LogP contribution is 2.30. The highest BCUT2D eigenvalue weighted by molar-refractivity contribution is 7.12. The summed E-state index contributed by atoms with van der Waals surface area (Å²) in [6.07, 6.45) is 0.620. The molecule has 0 saturated carbocycles. The smallest absolute Gasteiger partial charge is 0.314 e. The van der Waals surface area contributed by atoms with Crippen molar-refractivity contribution in [2.75, 3.05) is 5.32 Å². The highest BCUT2D eigenvalue weighted by atomic mass is 32.1. The number of amides is 2. The molecule has 3 N–H and O–H groups in total. The zero-order chi connectivity index (χ0) is 16.9. The molecule has 1 atom stereocenters. The van der Waals surface area contributed by atoms with Gasteiger partial charge < -0.3 is 14.9 Å². The van der Waals surface area contributed by atoms with Gasteiger partial charge in [-0.3, -0.25) is 14.9 Å². The number of hydrogen-bond donors (Lipinski definition) is 3. The molecule has 0 aliphatic heterocycles. The molecular formula is C15H13N3O4S2. The molecule has 0 spiro atoms. The molecule has 3 aromatic rings. The van der Waals surface area contributed by atoms with Gasteiger partial charge in [0.15, 0.2) is 5.82 Å². The van der Waals surface area contributed by atoms with Crippen molar-refractivity contribution in [3.8, 4) is 0 Å². The zero-order valence-corrected chi connectivity index (χ0v) is 13.9. The summed E-state index contributed by atoms with van der Waals surface area (Å²) < 4.78 is 4.56. The number of carbonyl (C=O) groups excluding carboxylic acids is 2. The Balaban J connectivity index is 1.53. The molecule has 3 heterocycles. The molecule has 0 saturated heterocycles. The SMILES string of the molecule is O=C(NCc1ccc(C(O)c2cccs2)s1)C(=O)Nc1ccon1. The fourth-order valence-corrected chi connectivity index (χ4v) is 3.68. The molecule has 0 fully saturated rings. The molecule has 0 radical (unpaired) electrons. The van der Waals surface area contributed by atoms with Gasteiger partial charge in [-0.05, 0) is 23.6 Å². The lowest BCUT2D eigenvalue weighted by atomic mass is 10.2. The van der Waals surface area contributed by atoms with Gasteiger partial charge in [0.1, 0.15) is 12.4 Å². The van der Waals surface area contributed by atoms with Crippen molar-refractivity contribution in [3.05, 3.63) is 56.6 Å². The van der Waals surface area contributed by atoms with Crippen molar-refractivity contribution < 1.29 is 19.2 Å². The maximum Gasteiger partial charge on any atom is 0.314 e. The van der Waals surface area contributed by atoms with Crippen molar-refractivity contribution >= 4 is 40.3 Å². The Morgan fingerprint density at radius 3 is 2.79 bits per heavy atom. The number of thiophene rings is 2. The van der Waals surface area contributed by atoms with E-state index in [1.54, 1.807) is 0 Å². The fourth-order valence-electron chi connectivity index (χ4n) is 1.92. The molecule has 0 aromatic carbocycles. The molecule has 0 aliphatic rings. The van der Waals surface area contributed by atoms with Crippen molar-refractivity contribution in [3.63, 3.8) is 0 Å². The molecule has 7 nitrogen and oxygen atoms in total. The molecule has 2 amide bonds. The quantitative estimate of drug-likeness (QED) is 0.603. The van der Waals surface area contributed by atoms with E-state index in [1.807, 2.05) is 29.6 Å². The Morgan fingerprint density at radius 1 is 1.21 bits per heavy atom. The summed E-state index contributed by atoms with van der Waals surface area (Å²) in [5.41, 5.74) is 0. The number of rotatable bonds is 5. The van der Waals surface area contributed by atoms with Gasteiger partial charge in [-0.2, -0.15) is 0 Å². The highest BCUT2D eigenvalue weighted by Gasteiger charge is 2.17. The number of nitrogens with zero attached hydrogens (tertiary/aromatic N) is 1. The van der Waals surface area contributed by atoms with Gasteiger partial charge in [-0.25, -0.2) is 0 Å². The monoisotopic (exact) mass is 363 g/mol. The molecule has 0 bridgehead atoms. The Morgan fingerprint density at radius 2 is 2.08 bits per heavy atom. The molecule has 3 aromatic heterocycles. The summed E-state index contributed by atoms with van der Waals surface area (Å²) in [7, 11) is 0. The van der Waals surface area contributed by atoms with Gasteiger partial charge in [0.2, 0.25) is 0 Å². The number of anilines is 1. The van der Waals surface area contributed by atoms with E-state index in [0.29, 0.717) is 0 Å². The maximum atomic E-state index is 11.7. The first-order chi connectivity index (χ1) is 11.6.